The second-order valence-electron chi connectivity index (χ2n) is 10.4. The topological polar surface area (TPSA) is 83.8 Å². The van der Waals surface area contributed by atoms with Crippen molar-refractivity contribution in [1.29, 1.82) is 0 Å². The van der Waals surface area contributed by atoms with Crippen LogP contribution in [-0.2, 0) is 13.9 Å². The van der Waals surface area contributed by atoms with E-state index in [1.165, 1.54) is 30.1 Å². The molecule has 0 aliphatic heterocycles. The molecule has 7 heteroatoms. The van der Waals surface area contributed by atoms with E-state index in [1.54, 1.807) is 13.0 Å². The molecule has 6 nitrogen and oxygen atoms in total. The van der Waals surface area contributed by atoms with Crippen LogP contribution in [0.3, 0.4) is 0 Å². The summed E-state index contributed by atoms with van der Waals surface area (Å²) in [6.07, 6.45) is 13.7. The number of likely N-dealkylation sites (N-methyl/N-ethyl adjacent to an activating group) is 1. The highest BCUT2D eigenvalue weighted by Gasteiger charge is 2.31. The Labute approximate surface area is 193 Å². The van der Waals surface area contributed by atoms with Crippen molar-refractivity contribution < 1.29 is 28.2 Å². The van der Waals surface area contributed by atoms with Crippen LogP contribution in [0, 0.1) is 5.41 Å². The first-order chi connectivity index (χ1) is 14.5. The largest absolute Gasteiger partial charge is 0.470 e. The summed E-state index contributed by atoms with van der Waals surface area (Å²) in [6.45, 7) is 10.7. The maximum absolute atomic E-state index is 12.6. The number of rotatable bonds is 10. The van der Waals surface area contributed by atoms with Crippen molar-refractivity contribution in [2.45, 2.75) is 60.0 Å². The molecule has 1 aliphatic rings. The van der Waals surface area contributed by atoms with Gasteiger partial charge >= 0.3 is 7.82 Å². The van der Waals surface area contributed by atoms with E-state index in [0.717, 1.165) is 12.0 Å². The molecule has 0 saturated heterocycles. The molecule has 0 amide bonds. The minimum Gasteiger partial charge on any atom is -0.328 e. The SMILES string of the molecule is CC(C=C/C=C(/C)C=CC1=C(C)CCCC1(C)C)=CC(=O)C(C[N+](C)(C)C)OP(=O)(O)O. The van der Waals surface area contributed by atoms with E-state index in [0.29, 0.717) is 10.1 Å². The van der Waals surface area contributed by atoms with Gasteiger partial charge in [-0.05, 0) is 62.7 Å². The fraction of sp³-hybridized carbons (Fsp3) is 0.560. The summed E-state index contributed by atoms with van der Waals surface area (Å²) in [5.74, 6) is -0.467. The van der Waals surface area contributed by atoms with E-state index < -0.39 is 19.7 Å². The zero-order valence-corrected chi connectivity index (χ0v) is 21.8. The lowest BCUT2D eigenvalue weighted by molar-refractivity contribution is -0.872. The van der Waals surface area contributed by atoms with Crippen molar-refractivity contribution in [1.82, 2.24) is 0 Å². The van der Waals surface area contributed by atoms with Crippen molar-refractivity contribution in [3.8, 4) is 0 Å². The number of carbonyl (C=O) groups excluding carboxylic acids is 1. The van der Waals surface area contributed by atoms with Gasteiger partial charge in [-0.15, -0.1) is 0 Å². The third-order valence-corrected chi connectivity index (χ3v) is 5.97. The zero-order valence-electron chi connectivity index (χ0n) is 20.9. The van der Waals surface area contributed by atoms with Gasteiger partial charge in [-0.25, -0.2) is 4.57 Å². The molecule has 2 N–H and O–H groups in total. The Morgan fingerprint density at radius 3 is 2.34 bits per heavy atom. The summed E-state index contributed by atoms with van der Waals surface area (Å²) >= 11 is 0. The van der Waals surface area contributed by atoms with Crippen molar-refractivity contribution in [3.63, 3.8) is 0 Å². The van der Waals surface area contributed by atoms with Crippen LogP contribution < -0.4 is 0 Å². The van der Waals surface area contributed by atoms with Gasteiger partial charge in [0, 0.05) is 0 Å². The lowest BCUT2D eigenvalue weighted by Gasteiger charge is -2.32. The Bertz CT molecular complexity index is 878. The van der Waals surface area contributed by atoms with Crippen molar-refractivity contribution in [2.75, 3.05) is 27.7 Å². The highest BCUT2D eigenvalue weighted by atomic mass is 31.2. The van der Waals surface area contributed by atoms with E-state index in [9.17, 15) is 9.36 Å². The summed E-state index contributed by atoms with van der Waals surface area (Å²) in [7, 11) is 0.707. The second-order valence-corrected chi connectivity index (χ2v) is 11.6. The number of phosphoric acid groups is 1. The van der Waals surface area contributed by atoms with E-state index >= 15 is 0 Å². The lowest BCUT2D eigenvalue weighted by atomic mass is 9.72. The third-order valence-electron chi connectivity index (χ3n) is 5.44. The maximum Gasteiger partial charge on any atom is 0.470 e. The molecule has 1 atom stereocenters. The predicted molar refractivity (Wildman–Crippen MR) is 131 cm³/mol. The van der Waals surface area contributed by atoms with Crippen LogP contribution in [0.1, 0.15) is 53.9 Å². The number of carbonyl (C=O) groups is 1. The standard InChI is InChI=1S/C25H40NO5P/c1-19(14-15-22-21(3)13-10-16-25(22,4)5)11-9-12-20(2)17-23(27)24(18-26(6,7)8)31-32(28,29)30/h9,11-12,14-15,17,24H,10,13,16,18H2,1-8H3,(H-,28,29,30)/p+1/b12-9?,15-14?,19-11-,20-17?. The normalized spacial score (nSPS) is 19.8. The average molecular weight is 467 g/mol. The number of phosphoric ester groups is 1. The molecular weight excluding hydrogens is 425 g/mol. The molecule has 1 rings (SSSR count). The van der Waals surface area contributed by atoms with Gasteiger partial charge in [0.15, 0.2) is 11.9 Å². The van der Waals surface area contributed by atoms with Gasteiger partial charge in [0.2, 0.25) is 0 Å². The monoisotopic (exact) mass is 466 g/mol. The smallest absolute Gasteiger partial charge is 0.328 e. The van der Waals surface area contributed by atoms with Gasteiger partial charge in [-0.2, -0.15) is 0 Å². The summed E-state index contributed by atoms with van der Waals surface area (Å²) in [6, 6.07) is 0. The quantitative estimate of drug-likeness (QED) is 0.198. The summed E-state index contributed by atoms with van der Waals surface area (Å²) in [5, 5.41) is 0. The summed E-state index contributed by atoms with van der Waals surface area (Å²) in [5.41, 5.74) is 4.84. The fourth-order valence-electron chi connectivity index (χ4n) is 3.84. The van der Waals surface area contributed by atoms with E-state index in [2.05, 4.69) is 32.9 Å². The second kappa shape index (κ2) is 11.5. The maximum atomic E-state index is 12.6. The van der Waals surface area contributed by atoms with E-state index in [4.69, 9.17) is 14.3 Å². The molecule has 0 heterocycles. The number of nitrogens with zero attached hydrogens (tertiary/aromatic N) is 1. The van der Waals surface area contributed by atoms with Crippen LogP contribution in [0.4, 0.5) is 0 Å². The van der Waals surface area contributed by atoms with Gasteiger partial charge in [0.25, 0.3) is 0 Å². The number of hydrogen-bond acceptors (Lipinski definition) is 3. The Kier molecular flexibility index (Phi) is 10.3. The molecule has 0 saturated carbocycles. The third kappa shape index (κ3) is 10.8. The van der Waals surface area contributed by atoms with Gasteiger partial charge in [0.1, 0.15) is 6.54 Å². The molecule has 0 radical (unpaired) electrons. The first-order valence-corrected chi connectivity index (χ1v) is 12.5. The Morgan fingerprint density at radius 1 is 1.19 bits per heavy atom. The minimum atomic E-state index is -4.77. The first kappa shape index (κ1) is 28.5. The summed E-state index contributed by atoms with van der Waals surface area (Å²) < 4.78 is 16.3. The molecule has 0 bridgehead atoms. The van der Waals surface area contributed by atoms with Crippen LogP contribution in [0.15, 0.2) is 58.7 Å². The first-order valence-electron chi connectivity index (χ1n) is 11.0. The average Bonchev–Trinajstić information content (AvgIpc) is 2.57. The molecule has 1 unspecified atom stereocenters. The zero-order chi connectivity index (χ0) is 24.7. The van der Waals surface area contributed by atoms with Gasteiger partial charge in [-0.1, -0.05) is 55.4 Å². The van der Waals surface area contributed by atoms with Gasteiger partial charge < -0.3 is 14.3 Å². The van der Waals surface area contributed by atoms with Crippen LogP contribution in [-0.4, -0.2) is 53.8 Å². The Hall–Kier alpha value is -1.56. The van der Waals surface area contributed by atoms with E-state index in [-0.39, 0.29) is 12.0 Å². The van der Waals surface area contributed by atoms with Gasteiger partial charge in [-0.3, -0.25) is 9.32 Å². The van der Waals surface area contributed by atoms with Crippen LogP contribution in [0.2, 0.25) is 0 Å². The summed E-state index contributed by atoms with van der Waals surface area (Å²) in [4.78, 5) is 30.8. The van der Waals surface area contributed by atoms with Crippen LogP contribution in [0.5, 0.6) is 0 Å². The number of ketones is 1. The number of quaternary nitrogens is 1. The minimum absolute atomic E-state index is 0.146. The molecule has 0 spiro atoms. The van der Waals surface area contributed by atoms with Crippen molar-refractivity contribution >= 4 is 13.6 Å². The number of allylic oxidation sites excluding steroid dienone is 9. The van der Waals surface area contributed by atoms with Crippen LogP contribution in [0.25, 0.3) is 0 Å². The van der Waals surface area contributed by atoms with Gasteiger partial charge in [0.05, 0.1) is 21.1 Å². The molecular formula is C25H41NO5P+. The number of hydrogen-bond donors (Lipinski definition) is 2. The molecule has 1 aliphatic carbocycles. The fourth-order valence-corrected chi connectivity index (χ4v) is 4.34. The molecule has 180 valence electrons. The predicted octanol–water partition coefficient (Wildman–Crippen LogP) is 5.27. The van der Waals surface area contributed by atoms with E-state index in [1.807, 2.05) is 40.2 Å². The molecule has 0 aromatic carbocycles. The van der Waals surface area contributed by atoms with Crippen LogP contribution >= 0.6 is 7.82 Å². The van der Waals surface area contributed by atoms with Crippen molar-refractivity contribution in [3.05, 3.63) is 58.7 Å². The molecule has 32 heavy (non-hydrogen) atoms. The highest BCUT2D eigenvalue weighted by molar-refractivity contribution is 7.46. The lowest BCUT2D eigenvalue weighted by Crippen LogP contribution is -2.44. The highest BCUT2D eigenvalue weighted by Crippen LogP contribution is 2.41. The molecule has 0 aromatic rings. The molecule has 0 aromatic heterocycles. The van der Waals surface area contributed by atoms with Crippen molar-refractivity contribution in [2.24, 2.45) is 5.41 Å². The Morgan fingerprint density at radius 2 is 1.81 bits per heavy atom. The Balaban J connectivity index is 2.89. The molecule has 0 fully saturated rings.